The Labute approximate surface area is 226 Å². The van der Waals surface area contributed by atoms with Gasteiger partial charge in [-0.3, -0.25) is 4.79 Å². The molecule has 0 unspecified atom stereocenters. The van der Waals surface area contributed by atoms with E-state index in [1.165, 1.54) is 12.1 Å². The van der Waals surface area contributed by atoms with Crippen LogP contribution in [-0.4, -0.2) is 34.1 Å². The van der Waals surface area contributed by atoms with Gasteiger partial charge in [0, 0.05) is 24.8 Å². The first-order valence-corrected chi connectivity index (χ1v) is 12.7. The molecule has 0 amide bonds. The standard InChI is InChI=1S/C31H27FN4O3/c1-20-16-24(22-4-2-21(18-33)3-5-22)6-7-25(20)19-39-29-9-8-26(32)17-27(29)28-10-13-34-31(35-28)36-14-11-23(12-15-36)30(37)38/h2-10,13,16-17,23H,11-12,14-15,19H2,1H3,(H,37,38). The van der Waals surface area contributed by atoms with E-state index in [0.29, 0.717) is 61.1 Å². The predicted octanol–water partition coefficient (Wildman–Crippen LogP) is 6.01. The lowest BCUT2D eigenvalue weighted by Gasteiger charge is -2.30. The van der Waals surface area contributed by atoms with Crippen molar-refractivity contribution < 1.29 is 19.0 Å². The molecule has 1 saturated heterocycles. The summed E-state index contributed by atoms with van der Waals surface area (Å²) < 4.78 is 20.5. The molecule has 3 aromatic carbocycles. The molecule has 1 N–H and O–H groups in total. The smallest absolute Gasteiger partial charge is 0.306 e. The van der Waals surface area contributed by atoms with E-state index in [9.17, 15) is 14.3 Å². The zero-order valence-electron chi connectivity index (χ0n) is 21.5. The maximum absolute atomic E-state index is 14.3. The third-order valence-corrected chi connectivity index (χ3v) is 7.06. The Bertz CT molecular complexity index is 1540. The van der Waals surface area contributed by atoms with Crippen molar-refractivity contribution in [1.29, 1.82) is 5.26 Å². The fourth-order valence-corrected chi connectivity index (χ4v) is 4.74. The molecule has 0 radical (unpaired) electrons. The normalized spacial score (nSPS) is 13.6. The van der Waals surface area contributed by atoms with Crippen LogP contribution in [0.4, 0.5) is 10.3 Å². The lowest BCUT2D eigenvalue weighted by atomic mass is 9.97. The van der Waals surface area contributed by atoms with Crippen molar-refractivity contribution in [2.75, 3.05) is 18.0 Å². The van der Waals surface area contributed by atoms with Crippen molar-refractivity contribution in [1.82, 2.24) is 9.97 Å². The third kappa shape index (κ3) is 5.88. The van der Waals surface area contributed by atoms with Crippen LogP contribution in [0.2, 0.25) is 0 Å². The number of benzene rings is 3. The van der Waals surface area contributed by atoms with E-state index in [-0.39, 0.29) is 5.92 Å². The second-order valence-electron chi connectivity index (χ2n) is 9.60. The molecule has 5 rings (SSSR count). The zero-order chi connectivity index (χ0) is 27.4. The van der Waals surface area contributed by atoms with Gasteiger partial charge in [-0.15, -0.1) is 0 Å². The number of hydrogen-bond acceptors (Lipinski definition) is 6. The molecule has 0 aliphatic carbocycles. The maximum atomic E-state index is 14.3. The van der Waals surface area contributed by atoms with Crippen molar-refractivity contribution in [2.24, 2.45) is 5.92 Å². The molecular formula is C31H27FN4O3. The average Bonchev–Trinajstić information content (AvgIpc) is 2.97. The summed E-state index contributed by atoms with van der Waals surface area (Å²) in [7, 11) is 0. The number of aromatic nitrogens is 2. The third-order valence-electron chi connectivity index (χ3n) is 7.06. The largest absolute Gasteiger partial charge is 0.488 e. The zero-order valence-corrected chi connectivity index (χ0v) is 21.5. The highest BCUT2D eigenvalue weighted by Gasteiger charge is 2.26. The van der Waals surface area contributed by atoms with Crippen LogP contribution < -0.4 is 9.64 Å². The van der Waals surface area contributed by atoms with E-state index in [0.717, 1.165) is 22.3 Å². The van der Waals surface area contributed by atoms with Gasteiger partial charge in [-0.1, -0.05) is 30.3 Å². The average molecular weight is 523 g/mol. The first-order chi connectivity index (χ1) is 18.9. The number of nitrogens with zero attached hydrogens (tertiary/aromatic N) is 4. The second kappa shape index (κ2) is 11.3. The minimum absolute atomic E-state index is 0.290. The topological polar surface area (TPSA) is 99.3 Å². The monoisotopic (exact) mass is 522 g/mol. The molecule has 2 heterocycles. The Morgan fingerprint density at radius 2 is 1.82 bits per heavy atom. The molecule has 196 valence electrons. The van der Waals surface area contributed by atoms with E-state index in [1.807, 2.05) is 36.1 Å². The highest BCUT2D eigenvalue weighted by Crippen LogP contribution is 2.32. The molecule has 39 heavy (non-hydrogen) atoms. The van der Waals surface area contributed by atoms with Gasteiger partial charge >= 0.3 is 5.97 Å². The number of carbonyl (C=O) groups is 1. The molecule has 0 atom stereocenters. The number of anilines is 1. The molecular weight excluding hydrogens is 495 g/mol. The van der Waals surface area contributed by atoms with Crippen LogP contribution >= 0.6 is 0 Å². The van der Waals surface area contributed by atoms with Gasteiger partial charge in [-0.2, -0.15) is 5.26 Å². The summed E-state index contributed by atoms with van der Waals surface area (Å²) in [6.45, 7) is 3.40. The van der Waals surface area contributed by atoms with Gasteiger partial charge in [0.2, 0.25) is 5.95 Å². The minimum atomic E-state index is -0.773. The molecule has 1 aliphatic rings. The predicted molar refractivity (Wildman–Crippen MR) is 146 cm³/mol. The van der Waals surface area contributed by atoms with Gasteiger partial charge in [0.15, 0.2) is 0 Å². The van der Waals surface area contributed by atoms with Crippen LogP contribution in [-0.2, 0) is 11.4 Å². The Hall–Kier alpha value is -4.77. The molecule has 0 saturated carbocycles. The Kier molecular flexibility index (Phi) is 7.50. The van der Waals surface area contributed by atoms with Gasteiger partial charge < -0.3 is 14.7 Å². The Morgan fingerprint density at radius 3 is 2.51 bits per heavy atom. The minimum Gasteiger partial charge on any atom is -0.488 e. The molecule has 7 nitrogen and oxygen atoms in total. The maximum Gasteiger partial charge on any atom is 0.306 e. The molecule has 1 aliphatic heterocycles. The number of carboxylic acids is 1. The fourth-order valence-electron chi connectivity index (χ4n) is 4.74. The van der Waals surface area contributed by atoms with Crippen molar-refractivity contribution in [3.63, 3.8) is 0 Å². The fraction of sp³-hybridized carbons (Fsp3) is 0.226. The Balaban J connectivity index is 1.33. The van der Waals surface area contributed by atoms with Crippen molar-refractivity contribution in [2.45, 2.75) is 26.4 Å². The lowest BCUT2D eigenvalue weighted by Crippen LogP contribution is -2.37. The quantitative estimate of drug-likeness (QED) is 0.317. The number of nitriles is 1. The molecule has 1 aromatic heterocycles. The summed E-state index contributed by atoms with van der Waals surface area (Å²) >= 11 is 0. The van der Waals surface area contributed by atoms with Gasteiger partial charge in [-0.05, 0) is 78.4 Å². The molecule has 0 bridgehead atoms. The molecule has 8 heteroatoms. The Morgan fingerprint density at radius 1 is 1.08 bits per heavy atom. The number of aryl methyl sites for hydroxylation is 1. The van der Waals surface area contributed by atoms with Crippen LogP contribution in [0.25, 0.3) is 22.4 Å². The van der Waals surface area contributed by atoms with E-state index in [2.05, 4.69) is 22.1 Å². The summed E-state index contributed by atoms with van der Waals surface area (Å²) in [5.74, 6) is -0.538. The van der Waals surface area contributed by atoms with Crippen LogP contribution in [0.15, 0.2) is 72.9 Å². The van der Waals surface area contributed by atoms with E-state index >= 15 is 0 Å². The van der Waals surface area contributed by atoms with Gasteiger partial charge in [0.1, 0.15) is 18.2 Å². The van der Waals surface area contributed by atoms with Crippen LogP contribution in [0, 0.1) is 30.0 Å². The molecule has 1 fully saturated rings. The van der Waals surface area contributed by atoms with Gasteiger partial charge in [0.25, 0.3) is 0 Å². The van der Waals surface area contributed by atoms with Crippen molar-refractivity contribution in [3.05, 3.63) is 95.4 Å². The summed E-state index contributed by atoms with van der Waals surface area (Å²) in [5.41, 5.74) is 5.78. The van der Waals surface area contributed by atoms with Gasteiger partial charge in [-0.25, -0.2) is 14.4 Å². The number of ether oxygens (including phenoxy) is 1. The SMILES string of the molecule is Cc1cc(-c2ccc(C#N)cc2)ccc1COc1ccc(F)cc1-c1ccnc(N2CCC(C(=O)O)CC2)n1. The number of rotatable bonds is 7. The number of halogens is 1. The summed E-state index contributed by atoms with van der Waals surface area (Å²) in [5, 5.41) is 18.3. The molecule has 0 spiro atoms. The number of piperidine rings is 1. The summed E-state index contributed by atoms with van der Waals surface area (Å²) in [6.07, 6.45) is 2.68. The first-order valence-electron chi connectivity index (χ1n) is 12.7. The number of hydrogen-bond donors (Lipinski definition) is 1. The van der Waals surface area contributed by atoms with E-state index in [1.54, 1.807) is 30.5 Å². The number of aliphatic carboxylic acids is 1. The summed E-state index contributed by atoms with van der Waals surface area (Å²) in [6, 6.07) is 21.8. The molecule has 4 aromatic rings. The highest BCUT2D eigenvalue weighted by atomic mass is 19.1. The number of carboxylic acid groups (broad SMARTS) is 1. The van der Waals surface area contributed by atoms with Crippen molar-refractivity contribution >= 4 is 11.9 Å². The van der Waals surface area contributed by atoms with Crippen molar-refractivity contribution in [3.8, 4) is 34.2 Å². The lowest BCUT2D eigenvalue weighted by molar-refractivity contribution is -0.142. The first kappa shape index (κ1) is 25.9. The van der Waals surface area contributed by atoms with E-state index < -0.39 is 11.8 Å². The van der Waals surface area contributed by atoms with Crippen LogP contribution in [0.3, 0.4) is 0 Å². The highest BCUT2D eigenvalue weighted by molar-refractivity contribution is 5.71. The van der Waals surface area contributed by atoms with E-state index in [4.69, 9.17) is 10.00 Å². The second-order valence-corrected chi connectivity index (χ2v) is 9.60. The van der Waals surface area contributed by atoms with Crippen LogP contribution in [0.5, 0.6) is 5.75 Å². The summed E-state index contributed by atoms with van der Waals surface area (Å²) in [4.78, 5) is 22.3. The van der Waals surface area contributed by atoms with Crippen LogP contribution in [0.1, 0.15) is 29.5 Å². The van der Waals surface area contributed by atoms with Gasteiger partial charge in [0.05, 0.1) is 23.2 Å².